The van der Waals surface area contributed by atoms with Crippen molar-refractivity contribution in [2.75, 3.05) is 26.9 Å². The molecule has 0 aromatic rings. The molecule has 0 spiro atoms. The average molecular weight is 141 g/mol. The van der Waals surface area contributed by atoms with Crippen molar-refractivity contribution < 1.29 is 9.47 Å². The molecule has 1 aliphatic heterocycles. The lowest BCUT2D eigenvalue weighted by atomic mass is 9.84. The first-order valence-corrected chi connectivity index (χ1v) is 3.27. The Hall–Kier alpha value is -0.590. The van der Waals surface area contributed by atoms with E-state index >= 15 is 0 Å². The van der Waals surface area contributed by atoms with Crippen molar-refractivity contribution in [3.63, 3.8) is 0 Å². The topological polar surface area (TPSA) is 42.2 Å². The Morgan fingerprint density at radius 1 is 1.70 bits per heavy atom. The highest BCUT2D eigenvalue weighted by molar-refractivity contribution is 4.93. The summed E-state index contributed by atoms with van der Waals surface area (Å²) < 4.78 is 9.98. The molecule has 3 nitrogen and oxygen atoms in total. The second-order valence-corrected chi connectivity index (χ2v) is 2.76. The van der Waals surface area contributed by atoms with E-state index in [0.29, 0.717) is 26.2 Å². The fourth-order valence-corrected chi connectivity index (χ4v) is 1.10. The predicted octanol–water partition coefficient (Wildman–Crippen LogP) is 0.563. The van der Waals surface area contributed by atoms with Crippen LogP contribution in [-0.4, -0.2) is 26.9 Å². The second-order valence-electron chi connectivity index (χ2n) is 2.76. The van der Waals surface area contributed by atoms with Crippen LogP contribution >= 0.6 is 0 Å². The van der Waals surface area contributed by atoms with Gasteiger partial charge in [0.2, 0.25) is 0 Å². The van der Waals surface area contributed by atoms with Crippen LogP contribution in [-0.2, 0) is 9.47 Å². The van der Waals surface area contributed by atoms with E-state index in [1.165, 1.54) is 0 Å². The molecule has 1 saturated heterocycles. The molecule has 1 rings (SSSR count). The zero-order valence-corrected chi connectivity index (χ0v) is 6.09. The van der Waals surface area contributed by atoms with Gasteiger partial charge in [0.1, 0.15) is 0 Å². The Labute approximate surface area is 60.5 Å². The normalized spacial score (nSPS) is 21.2. The van der Waals surface area contributed by atoms with Crippen LogP contribution in [0.25, 0.3) is 0 Å². The Bertz CT molecular complexity index is 146. The zero-order valence-electron chi connectivity index (χ0n) is 6.09. The number of hydrogen-bond donors (Lipinski definition) is 0. The van der Waals surface area contributed by atoms with E-state index < -0.39 is 0 Å². The molecule has 3 heteroatoms. The van der Waals surface area contributed by atoms with Crippen LogP contribution in [0.15, 0.2) is 0 Å². The number of nitriles is 1. The van der Waals surface area contributed by atoms with Crippen molar-refractivity contribution in [1.29, 1.82) is 5.26 Å². The number of nitrogens with zero attached hydrogens (tertiary/aromatic N) is 1. The lowest BCUT2D eigenvalue weighted by Crippen LogP contribution is -2.45. The second kappa shape index (κ2) is 3.00. The molecule has 0 bridgehead atoms. The number of hydrogen-bond acceptors (Lipinski definition) is 3. The third kappa shape index (κ3) is 1.28. The van der Waals surface area contributed by atoms with E-state index in [9.17, 15) is 0 Å². The minimum Gasteiger partial charge on any atom is -0.384 e. The molecule has 0 aliphatic carbocycles. The molecular formula is C7H11NO2. The van der Waals surface area contributed by atoms with Gasteiger partial charge in [-0.3, -0.25) is 0 Å². The summed E-state index contributed by atoms with van der Waals surface area (Å²) in [4.78, 5) is 0. The van der Waals surface area contributed by atoms with Gasteiger partial charge >= 0.3 is 0 Å². The number of ether oxygens (including phenoxy) is 2. The summed E-state index contributed by atoms with van der Waals surface area (Å²) in [7, 11) is 1.65. The molecule has 10 heavy (non-hydrogen) atoms. The predicted molar refractivity (Wildman–Crippen MR) is 35.4 cm³/mol. The summed E-state index contributed by atoms with van der Waals surface area (Å²) in [5.74, 6) is 0. The molecular weight excluding hydrogens is 130 g/mol. The van der Waals surface area contributed by atoms with E-state index in [4.69, 9.17) is 14.7 Å². The molecule has 0 amide bonds. The summed E-state index contributed by atoms with van der Waals surface area (Å²) in [6, 6.07) is 2.14. The molecule has 56 valence electrons. The first-order chi connectivity index (χ1) is 4.83. The van der Waals surface area contributed by atoms with Crippen LogP contribution in [0.5, 0.6) is 0 Å². The summed E-state index contributed by atoms with van der Waals surface area (Å²) in [5, 5.41) is 8.43. The fraction of sp³-hybridized carbons (Fsp3) is 0.857. The van der Waals surface area contributed by atoms with Crippen LogP contribution < -0.4 is 0 Å². The Kier molecular flexibility index (Phi) is 2.25. The maximum atomic E-state index is 8.43. The van der Waals surface area contributed by atoms with E-state index in [2.05, 4.69) is 6.07 Å². The summed E-state index contributed by atoms with van der Waals surface area (Å²) in [6.07, 6.45) is 0.542. The fourth-order valence-electron chi connectivity index (χ4n) is 1.10. The van der Waals surface area contributed by atoms with Crippen molar-refractivity contribution in [3.8, 4) is 6.07 Å². The molecule has 0 aromatic carbocycles. The molecule has 0 N–H and O–H groups in total. The largest absolute Gasteiger partial charge is 0.384 e. The van der Waals surface area contributed by atoms with E-state index in [-0.39, 0.29) is 5.41 Å². The smallest absolute Gasteiger partial charge is 0.0630 e. The summed E-state index contributed by atoms with van der Waals surface area (Å²) in [5.41, 5.74) is 0.0174. The molecule has 1 aliphatic rings. The van der Waals surface area contributed by atoms with Gasteiger partial charge in [0.15, 0.2) is 0 Å². The third-order valence-electron chi connectivity index (χ3n) is 1.72. The maximum Gasteiger partial charge on any atom is 0.0630 e. The highest BCUT2D eigenvalue weighted by atomic mass is 16.5. The number of rotatable bonds is 3. The van der Waals surface area contributed by atoms with Crippen LogP contribution in [0.2, 0.25) is 0 Å². The minimum absolute atomic E-state index is 0.0174. The monoisotopic (exact) mass is 141 g/mol. The number of methoxy groups -OCH3 is 1. The van der Waals surface area contributed by atoms with Crippen molar-refractivity contribution in [2.45, 2.75) is 6.42 Å². The lowest BCUT2D eigenvalue weighted by molar-refractivity contribution is -0.139. The maximum absolute atomic E-state index is 8.43. The summed E-state index contributed by atoms with van der Waals surface area (Å²) in [6.45, 7) is 1.99. The van der Waals surface area contributed by atoms with Gasteiger partial charge in [-0.05, 0) is 0 Å². The van der Waals surface area contributed by atoms with Gasteiger partial charge in [0.25, 0.3) is 0 Å². The quantitative estimate of drug-likeness (QED) is 0.576. The molecule has 0 atom stereocenters. The minimum atomic E-state index is 0.0174. The van der Waals surface area contributed by atoms with E-state index in [1.807, 2.05) is 0 Å². The van der Waals surface area contributed by atoms with Gasteiger partial charge in [-0.25, -0.2) is 0 Å². The van der Waals surface area contributed by atoms with Gasteiger partial charge in [0, 0.05) is 13.5 Å². The Morgan fingerprint density at radius 3 is 2.70 bits per heavy atom. The molecule has 0 aromatic heterocycles. The van der Waals surface area contributed by atoms with Crippen molar-refractivity contribution in [1.82, 2.24) is 0 Å². The van der Waals surface area contributed by atoms with Crippen LogP contribution in [0.1, 0.15) is 6.42 Å². The van der Waals surface area contributed by atoms with Crippen molar-refractivity contribution >= 4 is 0 Å². The van der Waals surface area contributed by atoms with E-state index in [1.54, 1.807) is 7.11 Å². The highest BCUT2D eigenvalue weighted by Crippen LogP contribution is 2.30. The average Bonchev–Trinajstić information content (AvgIpc) is 1.84. The van der Waals surface area contributed by atoms with Crippen molar-refractivity contribution in [3.05, 3.63) is 0 Å². The Balaban J connectivity index is 2.36. The van der Waals surface area contributed by atoms with Gasteiger partial charge in [0.05, 0.1) is 31.3 Å². The molecule has 0 radical (unpaired) electrons. The SMILES string of the molecule is COCC1(CC#N)COC1. The lowest BCUT2D eigenvalue weighted by Gasteiger charge is -2.38. The van der Waals surface area contributed by atoms with Gasteiger partial charge in [-0.2, -0.15) is 5.26 Å². The molecule has 0 unspecified atom stereocenters. The highest BCUT2D eigenvalue weighted by Gasteiger charge is 2.38. The standard InChI is InChI=1S/C7H11NO2/c1-9-4-7(2-3-8)5-10-6-7/h2,4-6H2,1H3. The van der Waals surface area contributed by atoms with E-state index in [0.717, 1.165) is 0 Å². The van der Waals surface area contributed by atoms with Crippen LogP contribution in [0.4, 0.5) is 0 Å². The van der Waals surface area contributed by atoms with Gasteiger partial charge in [-0.15, -0.1) is 0 Å². The van der Waals surface area contributed by atoms with Crippen LogP contribution in [0, 0.1) is 16.7 Å². The molecule has 1 fully saturated rings. The molecule has 1 heterocycles. The Morgan fingerprint density at radius 2 is 2.40 bits per heavy atom. The van der Waals surface area contributed by atoms with Crippen molar-refractivity contribution in [2.24, 2.45) is 5.41 Å². The van der Waals surface area contributed by atoms with Gasteiger partial charge in [-0.1, -0.05) is 0 Å². The van der Waals surface area contributed by atoms with Gasteiger partial charge < -0.3 is 9.47 Å². The van der Waals surface area contributed by atoms with Crippen LogP contribution in [0.3, 0.4) is 0 Å². The first kappa shape index (κ1) is 7.52. The third-order valence-corrected chi connectivity index (χ3v) is 1.72. The molecule has 0 saturated carbocycles. The first-order valence-electron chi connectivity index (χ1n) is 3.27. The zero-order chi connectivity index (χ0) is 7.45. The summed E-state index contributed by atoms with van der Waals surface area (Å²) >= 11 is 0.